The Balaban J connectivity index is 1.83. The van der Waals surface area contributed by atoms with Crippen molar-refractivity contribution in [2.75, 3.05) is 24.1 Å². The van der Waals surface area contributed by atoms with E-state index in [0.717, 1.165) is 18.7 Å². The number of amides is 1. The van der Waals surface area contributed by atoms with Crippen molar-refractivity contribution in [2.24, 2.45) is 5.73 Å². The largest absolute Gasteiger partial charge is 0.399 e. The lowest BCUT2D eigenvalue weighted by molar-refractivity contribution is 0.100. The van der Waals surface area contributed by atoms with Gasteiger partial charge in [0.1, 0.15) is 0 Å². The predicted octanol–water partition coefficient (Wildman–Crippen LogP) is 1.02. The van der Waals surface area contributed by atoms with Crippen LogP contribution in [0.3, 0.4) is 0 Å². The number of hydrogen-bond acceptors (Lipinski definition) is 4. The van der Waals surface area contributed by atoms with Crippen LogP contribution in [0.1, 0.15) is 29.6 Å². The monoisotopic (exact) mass is 260 g/mol. The summed E-state index contributed by atoms with van der Waals surface area (Å²) in [5, 5.41) is 3.48. The van der Waals surface area contributed by atoms with Crippen molar-refractivity contribution in [3.8, 4) is 0 Å². The first-order valence-corrected chi connectivity index (χ1v) is 6.85. The molecule has 1 aromatic carbocycles. The fraction of sp³-hybridized carbons (Fsp3) is 0.500. The molecule has 2 atom stereocenters. The molecule has 0 saturated carbocycles. The van der Waals surface area contributed by atoms with Crippen molar-refractivity contribution in [2.45, 2.75) is 31.3 Å². The van der Waals surface area contributed by atoms with Gasteiger partial charge in [0.15, 0.2) is 0 Å². The first kappa shape index (κ1) is 12.3. The number of rotatable bonds is 3. The van der Waals surface area contributed by atoms with Crippen molar-refractivity contribution < 1.29 is 4.79 Å². The summed E-state index contributed by atoms with van der Waals surface area (Å²) in [4.78, 5) is 14.0. The Bertz CT molecular complexity index is 502. The molecule has 0 spiro atoms. The van der Waals surface area contributed by atoms with Crippen LogP contribution in [0.5, 0.6) is 0 Å². The summed E-state index contributed by atoms with van der Waals surface area (Å²) in [6, 6.07) is 6.19. The summed E-state index contributed by atoms with van der Waals surface area (Å²) in [6.07, 6.45) is 3.60. The van der Waals surface area contributed by atoms with Gasteiger partial charge < -0.3 is 16.8 Å². The Kier molecular flexibility index (Phi) is 3.06. The van der Waals surface area contributed by atoms with Gasteiger partial charge in [0, 0.05) is 30.0 Å². The average molecular weight is 260 g/mol. The van der Waals surface area contributed by atoms with Crippen LogP contribution < -0.4 is 16.8 Å². The summed E-state index contributed by atoms with van der Waals surface area (Å²) < 4.78 is 0. The molecule has 2 aliphatic rings. The highest BCUT2D eigenvalue weighted by atomic mass is 16.1. The van der Waals surface area contributed by atoms with Gasteiger partial charge in [-0.2, -0.15) is 0 Å². The molecule has 1 aromatic rings. The van der Waals surface area contributed by atoms with Crippen LogP contribution in [0.25, 0.3) is 0 Å². The van der Waals surface area contributed by atoms with E-state index >= 15 is 0 Å². The minimum Gasteiger partial charge on any atom is -0.399 e. The van der Waals surface area contributed by atoms with Gasteiger partial charge in [-0.05, 0) is 44.0 Å². The lowest BCUT2D eigenvalue weighted by Gasteiger charge is -2.23. The van der Waals surface area contributed by atoms with E-state index in [1.54, 1.807) is 18.2 Å². The summed E-state index contributed by atoms with van der Waals surface area (Å²) in [7, 11) is 0. The number of benzene rings is 1. The quantitative estimate of drug-likeness (QED) is 0.708. The Morgan fingerprint density at radius 1 is 1.32 bits per heavy atom. The molecule has 1 amide bonds. The van der Waals surface area contributed by atoms with Gasteiger partial charge >= 0.3 is 0 Å². The maximum absolute atomic E-state index is 11.5. The third kappa shape index (κ3) is 2.26. The summed E-state index contributed by atoms with van der Waals surface area (Å²) >= 11 is 0. The van der Waals surface area contributed by atoms with Crippen LogP contribution in [-0.4, -0.2) is 36.0 Å². The summed E-state index contributed by atoms with van der Waals surface area (Å²) in [6.45, 7) is 2.33. The van der Waals surface area contributed by atoms with Crippen LogP contribution in [-0.2, 0) is 0 Å². The summed E-state index contributed by atoms with van der Waals surface area (Å²) in [5.74, 6) is -0.413. The number of hydrogen-bond donors (Lipinski definition) is 3. The molecule has 0 aliphatic carbocycles. The van der Waals surface area contributed by atoms with E-state index in [-0.39, 0.29) is 0 Å². The zero-order valence-corrected chi connectivity index (χ0v) is 10.9. The number of carbonyl (C=O) groups excluding carboxylic acids is 1. The number of fused-ring (bicyclic) bond motifs is 1. The molecule has 3 rings (SSSR count). The topological polar surface area (TPSA) is 84.4 Å². The highest BCUT2D eigenvalue weighted by molar-refractivity contribution is 5.99. The second kappa shape index (κ2) is 4.74. The normalized spacial score (nSPS) is 26.3. The Morgan fingerprint density at radius 2 is 2.16 bits per heavy atom. The van der Waals surface area contributed by atoms with E-state index in [1.807, 2.05) is 0 Å². The highest BCUT2D eigenvalue weighted by Gasteiger charge is 2.37. The van der Waals surface area contributed by atoms with Crippen LogP contribution in [0.4, 0.5) is 11.4 Å². The zero-order chi connectivity index (χ0) is 13.4. The van der Waals surface area contributed by atoms with E-state index in [1.165, 1.54) is 19.4 Å². The maximum Gasteiger partial charge on any atom is 0.250 e. The van der Waals surface area contributed by atoms with Gasteiger partial charge in [0.05, 0.1) is 5.56 Å². The number of nitrogens with zero attached hydrogens (tertiary/aromatic N) is 1. The standard InChI is InChI=1S/C14H20N4O/c15-9-3-4-10(14(16)19)12(8-9)17-11-5-7-18-6-1-2-13(11)18/h3-4,8,11,13,17H,1-2,5-7,15H2,(H2,16,19). The number of nitrogen functional groups attached to an aromatic ring is 1. The molecule has 2 unspecified atom stereocenters. The SMILES string of the molecule is NC(=O)c1ccc(N)cc1NC1CCN2CCCC12. The molecule has 5 nitrogen and oxygen atoms in total. The molecule has 0 radical (unpaired) electrons. The fourth-order valence-corrected chi connectivity index (χ4v) is 3.35. The third-order valence-electron chi connectivity index (χ3n) is 4.26. The van der Waals surface area contributed by atoms with Crippen molar-refractivity contribution in [1.82, 2.24) is 4.90 Å². The molecule has 2 heterocycles. The van der Waals surface area contributed by atoms with Crippen LogP contribution in [0, 0.1) is 0 Å². The van der Waals surface area contributed by atoms with E-state index in [0.29, 0.717) is 23.3 Å². The summed E-state index contributed by atoms with van der Waals surface area (Å²) in [5.41, 5.74) is 13.2. The van der Waals surface area contributed by atoms with E-state index in [4.69, 9.17) is 11.5 Å². The minimum absolute atomic E-state index is 0.391. The van der Waals surface area contributed by atoms with Gasteiger partial charge in [-0.15, -0.1) is 0 Å². The minimum atomic E-state index is -0.413. The predicted molar refractivity (Wildman–Crippen MR) is 76.0 cm³/mol. The van der Waals surface area contributed by atoms with E-state index < -0.39 is 5.91 Å². The molecule has 2 saturated heterocycles. The molecule has 5 N–H and O–H groups in total. The van der Waals surface area contributed by atoms with Crippen molar-refractivity contribution >= 4 is 17.3 Å². The average Bonchev–Trinajstić information content (AvgIpc) is 2.94. The third-order valence-corrected chi connectivity index (χ3v) is 4.26. The molecule has 0 bridgehead atoms. The first-order chi connectivity index (χ1) is 9.15. The number of primary amides is 1. The van der Waals surface area contributed by atoms with Gasteiger partial charge in [0.2, 0.25) is 0 Å². The van der Waals surface area contributed by atoms with E-state index in [9.17, 15) is 4.79 Å². The lowest BCUT2D eigenvalue weighted by Crippen LogP contribution is -2.34. The molecule has 0 aromatic heterocycles. The van der Waals surface area contributed by atoms with Crippen LogP contribution in [0.2, 0.25) is 0 Å². The molecule has 2 fully saturated rings. The molecule has 5 heteroatoms. The Hall–Kier alpha value is -1.75. The smallest absolute Gasteiger partial charge is 0.250 e. The Morgan fingerprint density at radius 3 is 2.95 bits per heavy atom. The van der Waals surface area contributed by atoms with E-state index in [2.05, 4.69) is 10.2 Å². The Labute approximate surface area is 112 Å². The molecule has 2 aliphatic heterocycles. The maximum atomic E-state index is 11.5. The van der Waals surface area contributed by atoms with Crippen molar-refractivity contribution in [3.63, 3.8) is 0 Å². The number of nitrogens with one attached hydrogen (secondary N) is 1. The second-order valence-corrected chi connectivity index (χ2v) is 5.45. The second-order valence-electron chi connectivity index (χ2n) is 5.45. The number of nitrogens with two attached hydrogens (primary N) is 2. The van der Waals surface area contributed by atoms with Crippen LogP contribution in [0.15, 0.2) is 18.2 Å². The molecule has 19 heavy (non-hydrogen) atoms. The zero-order valence-electron chi connectivity index (χ0n) is 10.9. The fourth-order valence-electron chi connectivity index (χ4n) is 3.35. The van der Waals surface area contributed by atoms with Crippen molar-refractivity contribution in [1.29, 1.82) is 0 Å². The van der Waals surface area contributed by atoms with Crippen molar-refractivity contribution in [3.05, 3.63) is 23.8 Å². The highest BCUT2D eigenvalue weighted by Crippen LogP contribution is 2.31. The first-order valence-electron chi connectivity index (χ1n) is 6.85. The van der Waals surface area contributed by atoms with Gasteiger partial charge in [0.25, 0.3) is 5.91 Å². The number of anilines is 2. The van der Waals surface area contributed by atoms with Gasteiger partial charge in [-0.3, -0.25) is 9.69 Å². The van der Waals surface area contributed by atoms with Crippen LogP contribution >= 0.6 is 0 Å². The molecule has 102 valence electrons. The van der Waals surface area contributed by atoms with Gasteiger partial charge in [-0.25, -0.2) is 0 Å². The molecular formula is C14H20N4O. The van der Waals surface area contributed by atoms with Gasteiger partial charge in [-0.1, -0.05) is 0 Å². The lowest BCUT2D eigenvalue weighted by atomic mass is 10.0. The molecular weight excluding hydrogens is 240 g/mol. The number of carbonyl (C=O) groups is 1.